The molecule has 0 amide bonds. The van der Waals surface area contributed by atoms with Crippen LogP contribution < -0.4 is 68.4 Å². The number of rotatable bonds is 20. The molecule has 558 valence electrons. The van der Waals surface area contributed by atoms with Crippen LogP contribution in [0, 0.1) is 0 Å². The fourth-order valence-electron chi connectivity index (χ4n) is 13.3. The maximum Gasteiger partial charge on any atom is 0.301 e. The van der Waals surface area contributed by atoms with E-state index < -0.39 is 45.9 Å². The molecular weight excluding hydrogens is 1560 g/mol. The molecule has 12 aromatic carbocycles. The summed E-state index contributed by atoms with van der Waals surface area (Å²) in [5.74, 6) is 0. The molecule has 0 spiro atoms. The molecule has 1 aliphatic carbocycles. The zero-order valence-corrected chi connectivity index (χ0v) is 69.1. The van der Waals surface area contributed by atoms with E-state index in [4.69, 9.17) is 40.5 Å². The van der Waals surface area contributed by atoms with Crippen molar-refractivity contribution in [1.82, 2.24) is 14.5 Å². The maximum atomic E-state index is 10.1. The predicted molar refractivity (Wildman–Crippen MR) is 469 cm³/mol. The van der Waals surface area contributed by atoms with Crippen LogP contribution in [0.5, 0.6) is 6.01 Å². The van der Waals surface area contributed by atoms with Crippen LogP contribution >= 0.6 is 43.3 Å². The van der Waals surface area contributed by atoms with Crippen molar-refractivity contribution in [3.63, 3.8) is 0 Å². The van der Waals surface area contributed by atoms with Crippen LogP contribution in [0.2, 0.25) is 30.7 Å². The number of halogens is 1. The Hall–Kier alpha value is -8.47. The van der Waals surface area contributed by atoms with Gasteiger partial charge < -0.3 is 24.1 Å². The number of aliphatic hydroxyl groups is 1. The monoisotopic (exact) mass is 1650 g/mol. The zero-order chi connectivity index (χ0) is 74.8. The minimum atomic E-state index is -1.21. The van der Waals surface area contributed by atoms with Gasteiger partial charge in [0.05, 0.1) is 29.4 Å². The first-order chi connectivity index (χ1) is 53.6. The normalized spacial score (nSPS) is 15.5. The van der Waals surface area contributed by atoms with Crippen molar-refractivity contribution in [2.75, 3.05) is 19.8 Å². The van der Waals surface area contributed by atoms with Gasteiger partial charge in [-0.05, 0) is 132 Å². The second kappa shape index (κ2) is 41.7. The van der Waals surface area contributed by atoms with Gasteiger partial charge in [-0.15, -0.1) is 0 Å². The number of aliphatic hydroxyl groups excluding tert-OH is 1. The minimum Gasteiger partial charge on any atom is -0.456 e. The van der Waals surface area contributed by atoms with Gasteiger partial charge in [-0.1, -0.05) is 401 Å². The van der Waals surface area contributed by atoms with Crippen molar-refractivity contribution in [3.05, 3.63) is 387 Å². The Labute approximate surface area is 674 Å². The van der Waals surface area contributed by atoms with E-state index in [1.54, 1.807) is 0 Å². The standard InChI is InChI=1S/C23H32ClN3O5Si.4C18H15P.Pd/c1-33(2,3)9-8-29-13-27-16-10-15(24)19(14-6-4-5-7-14)25-22(16)26-23(27)32-18-12-31-20-17(28)11-30-21(18)20;4*1-4-10-16(11-5-1)19(17-12-6-2-7-13-17)18-14-8-3-9-15-18;/h6,10,17-18,20-21,28H,4-5,7-9,11-13H2,1-3H3;4*1-15H;/t17-,18-,20-,21-;;;;;/m1...../s1. The van der Waals surface area contributed by atoms with Gasteiger partial charge in [0.1, 0.15) is 25.0 Å². The van der Waals surface area contributed by atoms with E-state index in [2.05, 4.69) is 390 Å². The van der Waals surface area contributed by atoms with Crippen LogP contribution in [-0.4, -0.2) is 72.0 Å². The molecule has 4 atom stereocenters. The van der Waals surface area contributed by atoms with Gasteiger partial charge in [-0.3, -0.25) is 4.57 Å². The second-order valence-corrected chi connectivity index (χ2v) is 42.5. The van der Waals surface area contributed by atoms with Crippen LogP contribution in [0.1, 0.15) is 25.0 Å². The van der Waals surface area contributed by atoms with Gasteiger partial charge in [0, 0.05) is 35.1 Å². The van der Waals surface area contributed by atoms with Gasteiger partial charge >= 0.3 is 6.01 Å². The van der Waals surface area contributed by atoms with Gasteiger partial charge in [-0.25, -0.2) is 4.98 Å². The molecule has 4 heterocycles. The summed E-state index contributed by atoms with van der Waals surface area (Å²) in [7, 11) is -2.99. The largest absolute Gasteiger partial charge is 0.456 e. The summed E-state index contributed by atoms with van der Waals surface area (Å²) < 4.78 is 25.6. The molecule has 1 N–H and O–H groups in total. The number of allylic oxidation sites excluding steroid dienone is 2. The molecule has 2 aromatic heterocycles. The topological polar surface area (TPSA) is 87.9 Å². The quantitative estimate of drug-likeness (QED) is 0.0462. The maximum absolute atomic E-state index is 10.1. The molecule has 0 saturated carbocycles. The number of aromatic nitrogens is 3. The molecule has 0 bridgehead atoms. The number of ether oxygens (including phenoxy) is 4. The summed E-state index contributed by atoms with van der Waals surface area (Å²) in [6.45, 7) is 8.53. The third-order valence-electron chi connectivity index (χ3n) is 18.6. The molecule has 2 fully saturated rings. The third kappa shape index (κ3) is 22.2. The van der Waals surface area contributed by atoms with Crippen LogP contribution in [-0.2, 0) is 41.4 Å². The van der Waals surface area contributed by atoms with E-state index >= 15 is 0 Å². The molecule has 15 heteroatoms. The molecule has 8 nitrogen and oxygen atoms in total. The van der Waals surface area contributed by atoms with Crippen molar-refractivity contribution in [2.24, 2.45) is 0 Å². The fraction of sp³-hybridized carbons (Fsp3) is 0.158. The van der Waals surface area contributed by atoms with Crippen LogP contribution in [0.15, 0.2) is 376 Å². The van der Waals surface area contributed by atoms with E-state index in [-0.39, 0.29) is 45.3 Å². The summed E-state index contributed by atoms with van der Waals surface area (Å²) in [6, 6.07) is 133. The van der Waals surface area contributed by atoms with Crippen molar-refractivity contribution in [3.8, 4) is 6.01 Å². The number of hydrogen-bond donors (Lipinski definition) is 1. The summed E-state index contributed by atoms with van der Waals surface area (Å²) in [5, 5.41) is 27.4. The molecule has 3 aliphatic rings. The summed E-state index contributed by atoms with van der Waals surface area (Å²) in [5.41, 5.74) is 3.32. The average molecular weight is 1650 g/mol. The molecule has 0 unspecified atom stereocenters. The van der Waals surface area contributed by atoms with Crippen LogP contribution in [0.3, 0.4) is 0 Å². The van der Waals surface area contributed by atoms with Gasteiger partial charge in [0.25, 0.3) is 0 Å². The van der Waals surface area contributed by atoms with Crippen LogP contribution in [0.25, 0.3) is 16.7 Å². The fourth-order valence-corrected chi connectivity index (χ4v) is 23.5. The van der Waals surface area contributed by atoms with Crippen molar-refractivity contribution >= 4 is 132 Å². The van der Waals surface area contributed by atoms with E-state index in [1.165, 1.54) is 69.2 Å². The Morgan fingerprint density at radius 2 is 0.709 bits per heavy atom. The van der Waals surface area contributed by atoms with Crippen molar-refractivity contribution in [2.45, 2.75) is 76.1 Å². The summed E-state index contributed by atoms with van der Waals surface area (Å²) >= 11 is 6.66. The third-order valence-corrected chi connectivity index (χ3v) is 30.4. The Morgan fingerprint density at radius 3 is 0.982 bits per heavy atom. The van der Waals surface area contributed by atoms with Gasteiger partial charge in [0.2, 0.25) is 0 Å². The van der Waals surface area contributed by atoms with E-state index in [0.29, 0.717) is 36.6 Å². The van der Waals surface area contributed by atoms with Gasteiger partial charge in [-0.2, -0.15) is 4.98 Å². The number of hydrogen-bond acceptors (Lipinski definition) is 7. The van der Waals surface area contributed by atoms with Crippen molar-refractivity contribution < 1.29 is 44.5 Å². The SMILES string of the molecule is C[Si](C)(C)CCOCn1c(O[C@@H]2CO[C@H]3[C@@H]2OC[C@H]3O)nc2nc(C3=CCCC3)c(Cl)cc21.[Pd].c1ccc(P(c2ccccc2)c2ccccc2)cc1.c1ccc(P(c2ccccc2)c2ccccc2)cc1.c1ccc(P(c2ccccc2)c2ccccc2)cc1.c1ccc(P(c2ccccc2)c2ccccc2)cc1. The first kappa shape index (κ1) is 81.0. The Kier molecular flexibility index (Phi) is 30.7. The van der Waals surface area contributed by atoms with Crippen molar-refractivity contribution in [1.29, 1.82) is 0 Å². The number of fused-ring (bicyclic) bond motifs is 2. The zero-order valence-electron chi connectivity index (χ0n) is 62.2. The molecule has 2 saturated heterocycles. The Morgan fingerprint density at radius 1 is 0.418 bits per heavy atom. The Bertz CT molecular complexity index is 4180. The molecule has 17 rings (SSSR count). The molecule has 110 heavy (non-hydrogen) atoms. The molecule has 0 radical (unpaired) electrons. The second-order valence-electron chi connectivity index (χ2n) is 27.6. The first-order valence-corrected chi connectivity index (χ1v) is 46.8. The number of nitrogens with zero attached hydrogens (tertiary/aromatic N) is 3. The smallest absolute Gasteiger partial charge is 0.301 e. The molecular formula is C95H92ClN3O5P4PdSi. The van der Waals surface area contributed by atoms with E-state index in [9.17, 15) is 5.11 Å². The first-order valence-electron chi connectivity index (χ1n) is 37.3. The molecule has 2 aliphatic heterocycles. The average Bonchev–Trinajstić information content (AvgIpc) is 1.61. The van der Waals surface area contributed by atoms with E-state index in [0.717, 1.165) is 36.5 Å². The number of imidazole rings is 1. The van der Waals surface area contributed by atoms with Gasteiger partial charge in [0.15, 0.2) is 11.8 Å². The Balaban J connectivity index is 0.000000131. The summed E-state index contributed by atoms with van der Waals surface area (Å²) in [6.07, 6.45) is 3.67. The number of benzene rings is 12. The predicted octanol–water partition coefficient (Wildman–Crippen LogP) is 17.6. The summed E-state index contributed by atoms with van der Waals surface area (Å²) in [4.78, 5) is 9.50. The minimum absolute atomic E-state index is 0. The van der Waals surface area contributed by atoms with E-state index in [1.807, 2.05) is 10.6 Å². The number of pyridine rings is 1. The molecule has 14 aromatic rings. The van der Waals surface area contributed by atoms with Crippen LogP contribution in [0.4, 0.5) is 0 Å².